The van der Waals surface area contributed by atoms with Gasteiger partial charge in [-0.05, 0) is 34.7 Å². The summed E-state index contributed by atoms with van der Waals surface area (Å²) in [6, 6.07) is 0. The summed E-state index contributed by atoms with van der Waals surface area (Å²) >= 11 is 3.55. The van der Waals surface area contributed by atoms with E-state index in [1.54, 1.807) is 6.33 Å². The Morgan fingerprint density at radius 3 is 2.94 bits per heavy atom. The number of hydrogen-bond acceptors (Lipinski definition) is 5. The smallest absolute Gasteiger partial charge is 0.148 e. The predicted molar refractivity (Wildman–Crippen MR) is 73.7 cm³/mol. The second-order valence-electron chi connectivity index (χ2n) is 5.08. The summed E-state index contributed by atoms with van der Waals surface area (Å²) in [6.45, 7) is 1.88. The van der Waals surface area contributed by atoms with Crippen LogP contribution < -0.4 is 10.2 Å². The summed E-state index contributed by atoms with van der Waals surface area (Å²) in [5.41, 5.74) is 0. The van der Waals surface area contributed by atoms with E-state index in [0.717, 1.165) is 42.0 Å². The maximum Gasteiger partial charge on any atom is 0.148 e. The molecule has 1 aliphatic carbocycles. The zero-order valence-corrected chi connectivity index (χ0v) is 11.9. The summed E-state index contributed by atoms with van der Waals surface area (Å²) in [5, 5.41) is 13.0. The van der Waals surface area contributed by atoms with Gasteiger partial charge in [-0.1, -0.05) is 0 Å². The van der Waals surface area contributed by atoms with Crippen LogP contribution in [0.1, 0.15) is 12.8 Å². The van der Waals surface area contributed by atoms with Crippen molar-refractivity contribution >= 4 is 27.6 Å². The molecule has 3 atom stereocenters. The Balaban J connectivity index is 1.85. The third kappa shape index (κ3) is 1.87. The zero-order valence-electron chi connectivity index (χ0n) is 10.3. The molecule has 2 aliphatic rings. The second kappa shape index (κ2) is 4.66. The number of rotatable bonds is 2. The van der Waals surface area contributed by atoms with Crippen LogP contribution in [0.5, 0.6) is 0 Å². The summed E-state index contributed by atoms with van der Waals surface area (Å²) in [4.78, 5) is 10.8. The molecule has 98 valence electrons. The van der Waals surface area contributed by atoms with E-state index in [9.17, 15) is 5.11 Å². The molecule has 0 spiro atoms. The number of halogens is 1. The minimum absolute atomic E-state index is 0.135. The van der Waals surface area contributed by atoms with E-state index in [1.165, 1.54) is 0 Å². The van der Waals surface area contributed by atoms with E-state index in [0.29, 0.717) is 11.8 Å². The Morgan fingerprint density at radius 2 is 2.22 bits per heavy atom. The van der Waals surface area contributed by atoms with Gasteiger partial charge in [0.15, 0.2) is 0 Å². The van der Waals surface area contributed by atoms with Gasteiger partial charge in [-0.25, -0.2) is 9.97 Å². The van der Waals surface area contributed by atoms with Gasteiger partial charge in [-0.15, -0.1) is 0 Å². The fourth-order valence-electron chi connectivity index (χ4n) is 3.16. The van der Waals surface area contributed by atoms with Crippen LogP contribution in [0.4, 0.5) is 11.6 Å². The standard InChI is InChI=1S/C12H17BrN4O/c1-14-11-10(13)12(16-6-15-11)17-4-7-2-3-9(18)8(7)5-17/h6-9,18H,2-5H2,1H3,(H,14,15,16). The van der Waals surface area contributed by atoms with Crippen LogP contribution in [-0.4, -0.2) is 41.3 Å². The molecule has 0 bridgehead atoms. The van der Waals surface area contributed by atoms with Gasteiger partial charge in [0.2, 0.25) is 0 Å². The van der Waals surface area contributed by atoms with E-state index >= 15 is 0 Å². The van der Waals surface area contributed by atoms with Crippen molar-refractivity contribution in [3.63, 3.8) is 0 Å². The van der Waals surface area contributed by atoms with E-state index in [-0.39, 0.29) is 6.10 Å². The van der Waals surface area contributed by atoms with Crippen LogP contribution in [-0.2, 0) is 0 Å². The second-order valence-corrected chi connectivity index (χ2v) is 5.88. The molecule has 1 aromatic heterocycles. The number of aromatic nitrogens is 2. The first kappa shape index (κ1) is 12.2. The van der Waals surface area contributed by atoms with Crippen molar-refractivity contribution in [2.24, 2.45) is 11.8 Å². The molecule has 0 amide bonds. The first-order valence-electron chi connectivity index (χ1n) is 6.32. The molecule has 3 unspecified atom stereocenters. The van der Waals surface area contributed by atoms with E-state index in [4.69, 9.17) is 0 Å². The lowest BCUT2D eigenvalue weighted by molar-refractivity contribution is 0.133. The highest BCUT2D eigenvalue weighted by molar-refractivity contribution is 9.10. The van der Waals surface area contributed by atoms with Gasteiger partial charge in [0.1, 0.15) is 22.4 Å². The average molecular weight is 313 g/mol. The molecule has 18 heavy (non-hydrogen) atoms. The summed E-state index contributed by atoms with van der Waals surface area (Å²) in [7, 11) is 1.85. The lowest BCUT2D eigenvalue weighted by Gasteiger charge is -2.21. The molecule has 1 aliphatic heterocycles. The van der Waals surface area contributed by atoms with Crippen LogP contribution >= 0.6 is 15.9 Å². The first-order chi connectivity index (χ1) is 8.70. The van der Waals surface area contributed by atoms with Gasteiger partial charge in [-0.2, -0.15) is 0 Å². The molecule has 0 radical (unpaired) electrons. The highest BCUT2D eigenvalue weighted by Gasteiger charge is 2.42. The molecule has 2 fully saturated rings. The molecule has 1 aromatic rings. The molecule has 5 nitrogen and oxygen atoms in total. The SMILES string of the molecule is CNc1ncnc(N2CC3CCC(O)C3C2)c1Br. The molecule has 2 heterocycles. The summed E-state index contributed by atoms with van der Waals surface area (Å²) < 4.78 is 0.905. The lowest BCUT2D eigenvalue weighted by atomic mass is 10.00. The number of aliphatic hydroxyl groups is 1. The van der Waals surface area contributed by atoms with Gasteiger partial charge in [0.25, 0.3) is 0 Å². The maximum absolute atomic E-state index is 9.95. The zero-order chi connectivity index (χ0) is 12.7. The van der Waals surface area contributed by atoms with E-state index in [2.05, 4.69) is 36.1 Å². The number of aliphatic hydroxyl groups excluding tert-OH is 1. The first-order valence-corrected chi connectivity index (χ1v) is 7.11. The minimum Gasteiger partial charge on any atom is -0.393 e. The molecule has 1 saturated carbocycles. The molecular weight excluding hydrogens is 296 g/mol. The van der Waals surface area contributed by atoms with Gasteiger partial charge < -0.3 is 15.3 Å². The molecule has 6 heteroatoms. The van der Waals surface area contributed by atoms with Crippen LogP contribution in [0, 0.1) is 11.8 Å². The highest BCUT2D eigenvalue weighted by Crippen LogP contribution is 2.41. The number of fused-ring (bicyclic) bond motifs is 1. The van der Waals surface area contributed by atoms with Crippen molar-refractivity contribution < 1.29 is 5.11 Å². The Kier molecular flexibility index (Phi) is 3.15. The normalized spacial score (nSPS) is 30.6. The number of hydrogen-bond donors (Lipinski definition) is 2. The Morgan fingerprint density at radius 1 is 1.39 bits per heavy atom. The molecule has 1 saturated heterocycles. The van der Waals surface area contributed by atoms with Crippen LogP contribution in [0.15, 0.2) is 10.8 Å². The molecule has 3 rings (SSSR count). The maximum atomic E-state index is 9.95. The van der Waals surface area contributed by atoms with Gasteiger partial charge >= 0.3 is 0 Å². The van der Waals surface area contributed by atoms with Crippen LogP contribution in [0.2, 0.25) is 0 Å². The Hall–Kier alpha value is -0.880. The van der Waals surface area contributed by atoms with Crippen molar-refractivity contribution in [2.75, 3.05) is 30.4 Å². The van der Waals surface area contributed by atoms with Crippen molar-refractivity contribution in [3.05, 3.63) is 10.8 Å². The third-order valence-electron chi connectivity index (χ3n) is 4.13. The summed E-state index contributed by atoms with van der Waals surface area (Å²) in [6.07, 6.45) is 3.53. The number of nitrogens with zero attached hydrogens (tertiary/aromatic N) is 3. The average Bonchev–Trinajstić information content (AvgIpc) is 2.92. The highest BCUT2D eigenvalue weighted by atomic mass is 79.9. The van der Waals surface area contributed by atoms with Gasteiger partial charge in [0.05, 0.1) is 6.10 Å². The molecule has 0 aromatic carbocycles. The van der Waals surface area contributed by atoms with E-state index in [1.807, 2.05) is 7.05 Å². The largest absolute Gasteiger partial charge is 0.393 e. The predicted octanol–water partition coefficient (Wildman–Crippen LogP) is 1.49. The monoisotopic (exact) mass is 312 g/mol. The van der Waals surface area contributed by atoms with Gasteiger partial charge in [-0.3, -0.25) is 0 Å². The van der Waals surface area contributed by atoms with Crippen molar-refractivity contribution in [2.45, 2.75) is 18.9 Å². The minimum atomic E-state index is -0.135. The van der Waals surface area contributed by atoms with Crippen molar-refractivity contribution in [1.29, 1.82) is 0 Å². The number of anilines is 2. The molecule has 2 N–H and O–H groups in total. The fourth-order valence-corrected chi connectivity index (χ4v) is 3.82. The fraction of sp³-hybridized carbons (Fsp3) is 0.667. The molecular formula is C12H17BrN4O. The number of nitrogens with one attached hydrogen (secondary N) is 1. The van der Waals surface area contributed by atoms with Crippen molar-refractivity contribution in [1.82, 2.24) is 9.97 Å². The third-order valence-corrected chi connectivity index (χ3v) is 4.86. The quantitative estimate of drug-likeness (QED) is 0.866. The van der Waals surface area contributed by atoms with Crippen LogP contribution in [0.3, 0.4) is 0 Å². The van der Waals surface area contributed by atoms with Gasteiger partial charge in [0, 0.05) is 26.1 Å². The van der Waals surface area contributed by atoms with Crippen LogP contribution in [0.25, 0.3) is 0 Å². The van der Waals surface area contributed by atoms with E-state index < -0.39 is 0 Å². The lowest BCUT2D eigenvalue weighted by Crippen LogP contribution is -2.25. The Labute approximate surface area is 115 Å². The Bertz CT molecular complexity index is 456. The summed E-state index contributed by atoms with van der Waals surface area (Å²) in [5.74, 6) is 2.75. The topological polar surface area (TPSA) is 61.3 Å². The van der Waals surface area contributed by atoms with Crippen molar-refractivity contribution in [3.8, 4) is 0 Å².